The zero-order valence-electron chi connectivity index (χ0n) is 14.3. The molecule has 0 aliphatic heterocycles. The van der Waals surface area contributed by atoms with Crippen LogP contribution in [0.3, 0.4) is 0 Å². The number of thiazole rings is 1. The molecule has 0 aliphatic carbocycles. The first kappa shape index (κ1) is 18.1. The van der Waals surface area contributed by atoms with Crippen molar-refractivity contribution >= 4 is 34.1 Å². The lowest BCUT2D eigenvalue weighted by Crippen LogP contribution is -2.37. The highest BCUT2D eigenvalue weighted by Crippen LogP contribution is 2.28. The molecule has 0 N–H and O–H groups in total. The van der Waals surface area contributed by atoms with Gasteiger partial charge in [-0.1, -0.05) is 26.8 Å². The van der Waals surface area contributed by atoms with Gasteiger partial charge in [0, 0.05) is 30.5 Å². The minimum Gasteiger partial charge on any atom is -0.299 e. The quantitative estimate of drug-likeness (QED) is 0.851. The number of nitrogens with zero attached hydrogens (tertiary/aromatic N) is 3. The van der Waals surface area contributed by atoms with Crippen LogP contribution in [0, 0.1) is 11.2 Å². The fraction of sp³-hybridized carbons (Fsp3) is 0.353. The smallest absolute Gasteiger partial charge is 0.259 e. The molecule has 0 spiro atoms. The van der Waals surface area contributed by atoms with Crippen LogP contribution in [0.4, 0.5) is 15.3 Å². The van der Waals surface area contributed by atoms with Crippen molar-refractivity contribution in [3.8, 4) is 0 Å². The van der Waals surface area contributed by atoms with Crippen molar-refractivity contribution in [2.24, 2.45) is 5.41 Å². The van der Waals surface area contributed by atoms with Crippen LogP contribution in [-0.4, -0.2) is 30.9 Å². The molecule has 0 bridgehead atoms. The minimum atomic E-state index is -0.526. The van der Waals surface area contributed by atoms with Crippen molar-refractivity contribution in [3.05, 3.63) is 41.0 Å². The van der Waals surface area contributed by atoms with Gasteiger partial charge in [0.2, 0.25) is 5.91 Å². The van der Waals surface area contributed by atoms with E-state index in [1.807, 2.05) is 20.8 Å². The van der Waals surface area contributed by atoms with Crippen LogP contribution in [0.2, 0.25) is 0 Å². The van der Waals surface area contributed by atoms with Gasteiger partial charge < -0.3 is 0 Å². The first-order chi connectivity index (χ1) is 11.1. The average molecular weight is 349 g/mol. The van der Waals surface area contributed by atoms with E-state index in [2.05, 4.69) is 4.98 Å². The summed E-state index contributed by atoms with van der Waals surface area (Å²) in [5, 5.41) is 2.15. The summed E-state index contributed by atoms with van der Waals surface area (Å²) in [5.41, 5.74) is -0.282. The monoisotopic (exact) mass is 349 g/mol. The Morgan fingerprint density at radius 3 is 2.42 bits per heavy atom. The van der Waals surface area contributed by atoms with E-state index in [-0.39, 0.29) is 17.4 Å². The van der Waals surface area contributed by atoms with Gasteiger partial charge in [0.1, 0.15) is 11.6 Å². The molecule has 2 aromatic rings. The summed E-state index contributed by atoms with van der Waals surface area (Å²) in [7, 11) is 3.22. The van der Waals surface area contributed by atoms with Gasteiger partial charge in [-0.15, -0.1) is 11.3 Å². The second-order valence-corrected chi connectivity index (χ2v) is 7.31. The molecule has 24 heavy (non-hydrogen) atoms. The van der Waals surface area contributed by atoms with E-state index in [0.717, 1.165) is 0 Å². The molecule has 1 aromatic heterocycles. The van der Waals surface area contributed by atoms with Gasteiger partial charge in [0.25, 0.3) is 5.91 Å². The Balaban J connectivity index is 2.21. The lowest BCUT2D eigenvalue weighted by molar-refractivity contribution is -0.125. The van der Waals surface area contributed by atoms with Crippen molar-refractivity contribution in [3.63, 3.8) is 0 Å². The van der Waals surface area contributed by atoms with Gasteiger partial charge in [-0.05, 0) is 18.2 Å². The van der Waals surface area contributed by atoms with Crippen LogP contribution in [0.1, 0.15) is 31.1 Å². The molecular formula is C17H20FN3O2S. The Morgan fingerprint density at radius 2 is 1.83 bits per heavy atom. The Kier molecular flexibility index (Phi) is 5.03. The normalized spacial score (nSPS) is 11.2. The summed E-state index contributed by atoms with van der Waals surface area (Å²) >= 11 is 1.25. The molecule has 2 rings (SSSR count). The molecule has 0 fully saturated rings. The second-order valence-electron chi connectivity index (χ2n) is 6.48. The Morgan fingerprint density at radius 1 is 1.17 bits per heavy atom. The van der Waals surface area contributed by atoms with Crippen LogP contribution in [0.25, 0.3) is 0 Å². The molecule has 1 aromatic carbocycles. The maximum Gasteiger partial charge on any atom is 0.259 e. The number of aromatic nitrogens is 1. The number of benzene rings is 1. The number of rotatable bonds is 3. The first-order valence-electron chi connectivity index (χ1n) is 7.38. The molecule has 128 valence electrons. The summed E-state index contributed by atoms with van der Waals surface area (Å²) in [5.74, 6) is -0.419. The number of halogens is 1. The number of amides is 2. The molecule has 5 nitrogen and oxygen atoms in total. The van der Waals surface area contributed by atoms with Gasteiger partial charge in [-0.25, -0.2) is 9.37 Å². The van der Waals surface area contributed by atoms with E-state index >= 15 is 0 Å². The molecule has 0 atom stereocenters. The molecule has 0 saturated heterocycles. The topological polar surface area (TPSA) is 53.5 Å². The highest BCUT2D eigenvalue weighted by molar-refractivity contribution is 7.14. The Bertz CT molecular complexity index is 767. The molecule has 0 saturated carbocycles. The van der Waals surface area contributed by atoms with Gasteiger partial charge in [-0.3, -0.25) is 19.4 Å². The summed E-state index contributed by atoms with van der Waals surface area (Å²) in [6.45, 7) is 5.50. The highest BCUT2D eigenvalue weighted by Gasteiger charge is 2.27. The fourth-order valence-corrected chi connectivity index (χ4v) is 2.88. The van der Waals surface area contributed by atoms with Gasteiger partial charge in [0.15, 0.2) is 5.13 Å². The third-order valence-corrected chi connectivity index (χ3v) is 4.34. The van der Waals surface area contributed by atoms with Gasteiger partial charge in [0.05, 0.1) is 0 Å². The Labute approximate surface area is 144 Å². The molecule has 7 heteroatoms. The summed E-state index contributed by atoms with van der Waals surface area (Å²) in [6.07, 6.45) is 0. The van der Waals surface area contributed by atoms with Gasteiger partial charge in [-0.2, -0.15) is 0 Å². The lowest BCUT2D eigenvalue weighted by atomic mass is 9.95. The Hall–Kier alpha value is -2.28. The fourth-order valence-electron chi connectivity index (χ4n) is 2.07. The number of anilines is 2. The number of carbonyl (C=O) groups is 2. The van der Waals surface area contributed by atoms with Crippen LogP contribution in [0.5, 0.6) is 0 Å². The summed E-state index contributed by atoms with van der Waals surface area (Å²) < 4.78 is 13.3. The number of carbonyl (C=O) groups excluding carboxylic acids is 2. The maximum absolute atomic E-state index is 13.3. The van der Waals surface area contributed by atoms with Crippen LogP contribution in [0.15, 0.2) is 29.6 Å². The standard InChI is InChI=1S/C17H20FN3O2S/c1-17(2,3)15(23)20(4)13-10-24-16(19-13)21(5)14(22)11-7-6-8-12(18)9-11/h6-10H,1-5H3. The summed E-state index contributed by atoms with van der Waals surface area (Å²) in [4.78, 5) is 31.9. The van der Waals surface area contributed by atoms with E-state index in [9.17, 15) is 14.0 Å². The predicted octanol–water partition coefficient (Wildman–Crippen LogP) is 3.57. The van der Waals surface area contributed by atoms with Crippen molar-refractivity contribution < 1.29 is 14.0 Å². The number of hydrogen-bond acceptors (Lipinski definition) is 4. The van der Waals surface area contributed by atoms with E-state index in [0.29, 0.717) is 10.9 Å². The van der Waals surface area contributed by atoms with Crippen LogP contribution >= 0.6 is 11.3 Å². The van der Waals surface area contributed by atoms with E-state index in [1.54, 1.807) is 25.5 Å². The molecule has 0 unspecified atom stereocenters. The van der Waals surface area contributed by atoms with E-state index < -0.39 is 11.2 Å². The minimum absolute atomic E-state index is 0.0709. The number of hydrogen-bond donors (Lipinski definition) is 0. The van der Waals surface area contributed by atoms with Crippen molar-refractivity contribution in [2.45, 2.75) is 20.8 Å². The molecule has 2 amide bonds. The maximum atomic E-state index is 13.3. The lowest BCUT2D eigenvalue weighted by Gasteiger charge is -2.24. The third-order valence-electron chi connectivity index (χ3n) is 3.43. The van der Waals surface area contributed by atoms with E-state index in [1.165, 1.54) is 39.3 Å². The van der Waals surface area contributed by atoms with Gasteiger partial charge >= 0.3 is 0 Å². The van der Waals surface area contributed by atoms with Crippen LogP contribution in [-0.2, 0) is 4.79 Å². The first-order valence-corrected chi connectivity index (χ1v) is 8.26. The van der Waals surface area contributed by atoms with E-state index in [4.69, 9.17) is 0 Å². The SMILES string of the molecule is CN(C(=O)C(C)(C)C)c1csc(N(C)C(=O)c2cccc(F)c2)n1. The van der Waals surface area contributed by atoms with Crippen LogP contribution < -0.4 is 9.80 Å². The average Bonchev–Trinajstić information content (AvgIpc) is 3.01. The van der Waals surface area contributed by atoms with Crippen molar-refractivity contribution in [2.75, 3.05) is 23.9 Å². The molecule has 0 aliphatic rings. The van der Waals surface area contributed by atoms with Crippen molar-refractivity contribution in [1.82, 2.24) is 4.98 Å². The van der Waals surface area contributed by atoms with Crippen molar-refractivity contribution in [1.29, 1.82) is 0 Å². The third kappa shape index (κ3) is 3.79. The predicted molar refractivity (Wildman–Crippen MR) is 94.1 cm³/mol. The highest BCUT2D eigenvalue weighted by atomic mass is 32.1. The zero-order valence-corrected chi connectivity index (χ0v) is 15.1. The second kappa shape index (κ2) is 6.68. The largest absolute Gasteiger partial charge is 0.299 e. The zero-order chi connectivity index (χ0) is 18.1. The summed E-state index contributed by atoms with van der Waals surface area (Å²) in [6, 6.07) is 5.50. The molecule has 1 heterocycles. The molecule has 0 radical (unpaired) electrons. The molecular weight excluding hydrogens is 329 g/mol.